The van der Waals surface area contributed by atoms with Crippen LogP contribution in [0.3, 0.4) is 0 Å². The van der Waals surface area contributed by atoms with Crippen LogP contribution in [-0.2, 0) is 10.0 Å². The van der Waals surface area contributed by atoms with Gasteiger partial charge < -0.3 is 10.5 Å². The molecule has 0 aliphatic rings. The van der Waals surface area contributed by atoms with Gasteiger partial charge in [-0.1, -0.05) is 24.4 Å². The van der Waals surface area contributed by atoms with Crippen molar-refractivity contribution in [1.82, 2.24) is 0 Å². The summed E-state index contributed by atoms with van der Waals surface area (Å²) in [5.74, 6) is 0.390. The first kappa shape index (κ1) is 12.7. The Balaban J connectivity index is 2.87. The predicted octanol–water partition coefficient (Wildman–Crippen LogP) is 0.723. The summed E-state index contributed by atoms with van der Waals surface area (Å²) in [5.41, 5.74) is 5.65. The summed E-state index contributed by atoms with van der Waals surface area (Å²) in [6, 6.07) is 6.64. The van der Waals surface area contributed by atoms with Crippen molar-refractivity contribution in [1.29, 1.82) is 0 Å². The zero-order chi connectivity index (χ0) is 12.2. The number of hydrogen-bond acceptors (Lipinski definition) is 4. The first-order chi connectivity index (χ1) is 7.38. The van der Waals surface area contributed by atoms with Gasteiger partial charge in [0.05, 0.1) is 11.9 Å². The van der Waals surface area contributed by atoms with E-state index in [4.69, 9.17) is 10.5 Å². The Bertz CT molecular complexity index is 485. The van der Waals surface area contributed by atoms with Gasteiger partial charge in [-0.15, -0.1) is 0 Å². The molecule has 0 amide bonds. The number of rotatable bonds is 5. The van der Waals surface area contributed by atoms with Crippen LogP contribution in [0.4, 0.5) is 5.69 Å². The minimum atomic E-state index is -3.33. The Hall–Kier alpha value is -1.34. The number of ether oxygens (including phenoxy) is 1. The minimum absolute atomic E-state index is 0.0673. The van der Waals surface area contributed by atoms with E-state index in [-0.39, 0.29) is 11.6 Å². The molecule has 0 aromatic heterocycles. The van der Waals surface area contributed by atoms with Crippen LogP contribution in [0.2, 0.25) is 0 Å². The molecule has 5 nitrogen and oxygen atoms in total. The van der Waals surface area contributed by atoms with Gasteiger partial charge in [-0.2, -0.15) is 0 Å². The fourth-order valence-corrected chi connectivity index (χ4v) is 1.65. The summed E-state index contributed by atoms with van der Waals surface area (Å²) >= 11 is 4.66. The van der Waals surface area contributed by atoms with Gasteiger partial charge in [0.15, 0.2) is 0 Å². The Kier molecular flexibility index (Phi) is 4.08. The topological polar surface area (TPSA) is 81.4 Å². The average molecular weight is 260 g/mol. The van der Waals surface area contributed by atoms with E-state index in [1.807, 2.05) is 0 Å². The SMILES string of the molecule is CS(=O)(=O)Nc1ccccc1OCC(N)=S. The van der Waals surface area contributed by atoms with Crippen molar-refractivity contribution in [2.75, 3.05) is 17.6 Å². The molecular weight excluding hydrogens is 248 g/mol. The highest BCUT2D eigenvalue weighted by Crippen LogP contribution is 2.24. The monoisotopic (exact) mass is 260 g/mol. The van der Waals surface area contributed by atoms with Crippen molar-refractivity contribution in [3.8, 4) is 5.75 Å². The van der Waals surface area contributed by atoms with Gasteiger partial charge in [-0.05, 0) is 12.1 Å². The summed E-state index contributed by atoms with van der Waals surface area (Å²) in [6.07, 6.45) is 1.07. The summed E-state index contributed by atoms with van der Waals surface area (Å²) in [7, 11) is -3.33. The normalized spacial score (nSPS) is 10.8. The van der Waals surface area contributed by atoms with E-state index in [1.165, 1.54) is 0 Å². The van der Waals surface area contributed by atoms with Crippen LogP contribution in [0.1, 0.15) is 0 Å². The van der Waals surface area contributed by atoms with Crippen molar-refractivity contribution < 1.29 is 13.2 Å². The maximum absolute atomic E-state index is 11.1. The second-order valence-electron chi connectivity index (χ2n) is 3.13. The Morgan fingerprint density at radius 3 is 2.69 bits per heavy atom. The molecule has 3 N–H and O–H groups in total. The van der Waals surface area contributed by atoms with E-state index in [0.29, 0.717) is 11.4 Å². The van der Waals surface area contributed by atoms with Crippen LogP contribution < -0.4 is 15.2 Å². The molecule has 0 bridgehead atoms. The van der Waals surface area contributed by atoms with E-state index in [9.17, 15) is 8.42 Å². The van der Waals surface area contributed by atoms with Crippen LogP contribution in [0, 0.1) is 0 Å². The summed E-state index contributed by atoms with van der Waals surface area (Å²) in [6.45, 7) is 0.0673. The molecule has 0 spiro atoms. The molecule has 0 unspecified atom stereocenters. The number of benzene rings is 1. The van der Waals surface area contributed by atoms with E-state index in [1.54, 1.807) is 24.3 Å². The number of anilines is 1. The number of nitrogens with one attached hydrogen (secondary N) is 1. The molecule has 0 saturated carbocycles. The van der Waals surface area contributed by atoms with Crippen LogP contribution in [0.5, 0.6) is 5.75 Å². The van der Waals surface area contributed by atoms with Crippen LogP contribution >= 0.6 is 12.2 Å². The Morgan fingerprint density at radius 1 is 1.50 bits per heavy atom. The number of para-hydroxylation sites is 2. The second kappa shape index (κ2) is 5.13. The van der Waals surface area contributed by atoms with E-state index >= 15 is 0 Å². The minimum Gasteiger partial charge on any atom is -0.484 e. The smallest absolute Gasteiger partial charge is 0.229 e. The number of thiocarbonyl (C=S) groups is 1. The quantitative estimate of drug-likeness (QED) is 0.762. The first-order valence-electron chi connectivity index (χ1n) is 4.36. The van der Waals surface area contributed by atoms with Gasteiger partial charge in [0.2, 0.25) is 10.0 Å². The molecule has 1 rings (SSSR count). The first-order valence-corrected chi connectivity index (χ1v) is 6.66. The highest BCUT2D eigenvalue weighted by atomic mass is 32.2. The van der Waals surface area contributed by atoms with E-state index < -0.39 is 10.0 Å². The van der Waals surface area contributed by atoms with Gasteiger partial charge in [-0.3, -0.25) is 4.72 Å². The van der Waals surface area contributed by atoms with Crippen LogP contribution in [-0.4, -0.2) is 26.3 Å². The van der Waals surface area contributed by atoms with Crippen LogP contribution in [0.25, 0.3) is 0 Å². The fraction of sp³-hybridized carbons (Fsp3) is 0.222. The summed E-state index contributed by atoms with van der Waals surface area (Å²) in [4.78, 5) is 0.203. The van der Waals surface area contributed by atoms with Crippen molar-refractivity contribution in [3.05, 3.63) is 24.3 Å². The number of nitrogens with two attached hydrogens (primary N) is 1. The molecule has 0 radical (unpaired) electrons. The van der Waals surface area contributed by atoms with Crippen molar-refractivity contribution in [2.45, 2.75) is 0 Å². The number of sulfonamides is 1. The third kappa shape index (κ3) is 4.45. The highest BCUT2D eigenvalue weighted by molar-refractivity contribution is 7.92. The zero-order valence-corrected chi connectivity index (χ0v) is 10.3. The predicted molar refractivity (Wildman–Crippen MR) is 67.2 cm³/mol. The standard InChI is InChI=1S/C9H12N2O3S2/c1-16(12,13)11-7-4-2-3-5-8(7)14-6-9(10)15/h2-5,11H,6H2,1H3,(H2,10,15). The molecule has 0 saturated heterocycles. The van der Waals surface area contributed by atoms with Crippen molar-refractivity contribution in [3.63, 3.8) is 0 Å². The third-order valence-corrected chi connectivity index (χ3v) is 2.26. The maximum Gasteiger partial charge on any atom is 0.229 e. The lowest BCUT2D eigenvalue weighted by atomic mass is 10.3. The molecule has 0 heterocycles. The van der Waals surface area contributed by atoms with Gasteiger partial charge in [0.25, 0.3) is 0 Å². The van der Waals surface area contributed by atoms with E-state index in [2.05, 4.69) is 16.9 Å². The molecule has 1 aromatic rings. The molecule has 0 atom stereocenters. The summed E-state index contributed by atoms with van der Waals surface area (Å²) in [5, 5.41) is 0. The van der Waals surface area contributed by atoms with Gasteiger partial charge in [0.1, 0.15) is 17.3 Å². The molecule has 0 fully saturated rings. The molecule has 1 aromatic carbocycles. The summed E-state index contributed by atoms with van der Waals surface area (Å²) < 4.78 is 29.7. The van der Waals surface area contributed by atoms with Gasteiger partial charge in [0, 0.05) is 0 Å². The molecule has 0 aliphatic heterocycles. The Morgan fingerprint density at radius 2 is 2.12 bits per heavy atom. The van der Waals surface area contributed by atoms with Gasteiger partial charge >= 0.3 is 0 Å². The second-order valence-corrected chi connectivity index (χ2v) is 5.40. The fourth-order valence-electron chi connectivity index (χ4n) is 1.03. The molecule has 88 valence electrons. The molecule has 7 heteroatoms. The molecule has 0 aliphatic carbocycles. The van der Waals surface area contributed by atoms with E-state index in [0.717, 1.165) is 6.26 Å². The maximum atomic E-state index is 11.1. The molecular formula is C9H12N2O3S2. The van der Waals surface area contributed by atoms with Crippen LogP contribution in [0.15, 0.2) is 24.3 Å². The lowest BCUT2D eigenvalue weighted by Gasteiger charge is -2.11. The average Bonchev–Trinajstić information content (AvgIpc) is 2.14. The highest BCUT2D eigenvalue weighted by Gasteiger charge is 2.07. The number of hydrogen-bond donors (Lipinski definition) is 2. The lowest BCUT2D eigenvalue weighted by Crippen LogP contribution is -2.19. The van der Waals surface area contributed by atoms with Crippen molar-refractivity contribution in [2.24, 2.45) is 5.73 Å². The Labute approximate surface area is 99.6 Å². The van der Waals surface area contributed by atoms with Crippen molar-refractivity contribution >= 4 is 32.9 Å². The zero-order valence-electron chi connectivity index (χ0n) is 8.64. The molecule has 16 heavy (non-hydrogen) atoms. The largest absolute Gasteiger partial charge is 0.484 e. The van der Waals surface area contributed by atoms with Gasteiger partial charge in [-0.25, -0.2) is 8.42 Å². The third-order valence-electron chi connectivity index (χ3n) is 1.55. The lowest BCUT2D eigenvalue weighted by molar-refractivity contribution is 0.379.